The van der Waals surface area contributed by atoms with Crippen LogP contribution in [0, 0.1) is 0 Å². The molecular formula is C8H15O7P. The molecule has 0 amide bonds. The van der Waals surface area contributed by atoms with Crippen LogP contribution < -0.4 is 0 Å². The molecule has 0 heterocycles. The maximum atomic E-state index is 11.2. The maximum Gasteiger partial charge on any atom is 0.336 e. The van der Waals surface area contributed by atoms with Crippen molar-refractivity contribution in [3.8, 4) is 0 Å². The number of ether oxygens (including phenoxy) is 3. The van der Waals surface area contributed by atoms with Crippen LogP contribution in [0.2, 0.25) is 0 Å². The Hall–Kier alpha value is -0.910. The number of carbonyl (C=O) groups excluding carboxylic acids is 2. The Labute approximate surface area is 93.9 Å². The van der Waals surface area contributed by atoms with Gasteiger partial charge in [-0.15, -0.1) is 0 Å². The molecule has 0 saturated heterocycles. The third-order valence-electron chi connectivity index (χ3n) is 1.58. The number of rotatable bonds is 7. The zero-order valence-corrected chi connectivity index (χ0v) is 10.3. The van der Waals surface area contributed by atoms with Gasteiger partial charge in [0.2, 0.25) is 8.03 Å². The van der Waals surface area contributed by atoms with Crippen molar-refractivity contribution >= 4 is 20.0 Å². The first kappa shape index (κ1) is 15.1. The molecule has 0 aliphatic rings. The van der Waals surface area contributed by atoms with Gasteiger partial charge in [0.1, 0.15) is 6.35 Å². The van der Waals surface area contributed by atoms with E-state index in [1.165, 1.54) is 14.2 Å². The quantitative estimate of drug-likeness (QED) is 0.473. The summed E-state index contributed by atoms with van der Waals surface area (Å²) in [6.07, 6.45) is -1.69. The van der Waals surface area contributed by atoms with Crippen molar-refractivity contribution in [2.75, 3.05) is 27.7 Å². The molecule has 7 nitrogen and oxygen atoms in total. The Balaban J connectivity index is 4.37. The van der Waals surface area contributed by atoms with Crippen LogP contribution in [0.15, 0.2) is 0 Å². The maximum absolute atomic E-state index is 11.2. The summed E-state index contributed by atoms with van der Waals surface area (Å²) >= 11 is 0. The van der Waals surface area contributed by atoms with E-state index in [9.17, 15) is 14.2 Å². The lowest BCUT2D eigenvalue weighted by Gasteiger charge is -2.13. The third-order valence-corrected chi connectivity index (χ3v) is 2.65. The van der Waals surface area contributed by atoms with Crippen molar-refractivity contribution in [1.29, 1.82) is 0 Å². The van der Waals surface area contributed by atoms with Crippen LogP contribution >= 0.6 is 8.03 Å². The molecule has 0 fully saturated rings. The van der Waals surface area contributed by atoms with Gasteiger partial charge in [-0.2, -0.15) is 0 Å². The largest absolute Gasteiger partial charge is 0.469 e. The van der Waals surface area contributed by atoms with E-state index in [2.05, 4.69) is 14.2 Å². The van der Waals surface area contributed by atoms with Gasteiger partial charge in [0.25, 0.3) is 0 Å². The summed E-state index contributed by atoms with van der Waals surface area (Å²) in [5.74, 6) is -1.43. The first-order valence-electron chi connectivity index (χ1n) is 4.38. The molecule has 0 aromatic rings. The lowest BCUT2D eigenvalue weighted by Crippen LogP contribution is -2.27. The van der Waals surface area contributed by atoms with Crippen molar-refractivity contribution in [2.45, 2.75) is 12.5 Å². The summed E-state index contributed by atoms with van der Waals surface area (Å²) in [5.41, 5.74) is 0. The Morgan fingerprint density at radius 3 is 2.25 bits per heavy atom. The van der Waals surface area contributed by atoms with Crippen LogP contribution in [-0.2, 0) is 32.9 Å². The molecule has 0 aromatic heterocycles. The molecule has 0 rings (SSSR count). The predicted octanol–water partition coefficient (Wildman–Crippen LogP) is 0.186. The standard InChI is InChI=1S/C8H15O7P/c1-12-5-16(11)15-6(8(10)14-3)4-7(9)13-2/h6,16H,4-5H2,1-3H3. The van der Waals surface area contributed by atoms with Gasteiger partial charge < -0.3 is 18.7 Å². The molecule has 8 heteroatoms. The Bertz CT molecular complexity index is 265. The number of carbonyl (C=O) groups is 2. The molecule has 0 saturated carbocycles. The highest BCUT2D eigenvalue weighted by Crippen LogP contribution is 2.26. The molecule has 0 aliphatic heterocycles. The summed E-state index contributed by atoms with van der Waals surface area (Å²) in [6, 6.07) is 0. The molecule has 0 aromatic carbocycles. The highest BCUT2D eigenvalue weighted by atomic mass is 31.1. The van der Waals surface area contributed by atoms with Crippen LogP contribution in [0.25, 0.3) is 0 Å². The fourth-order valence-corrected chi connectivity index (χ4v) is 1.65. The minimum Gasteiger partial charge on any atom is -0.469 e. The van der Waals surface area contributed by atoms with Crippen LogP contribution in [-0.4, -0.2) is 45.7 Å². The van der Waals surface area contributed by atoms with Gasteiger partial charge in [-0.25, -0.2) is 4.79 Å². The van der Waals surface area contributed by atoms with E-state index in [-0.39, 0.29) is 12.8 Å². The molecule has 0 spiro atoms. The second-order valence-electron chi connectivity index (χ2n) is 2.71. The van der Waals surface area contributed by atoms with Crippen LogP contribution in [0.4, 0.5) is 0 Å². The van der Waals surface area contributed by atoms with Gasteiger partial charge in [0.05, 0.1) is 20.6 Å². The normalized spacial score (nSPS) is 13.9. The van der Waals surface area contributed by atoms with E-state index in [4.69, 9.17) is 4.52 Å². The van der Waals surface area contributed by atoms with E-state index in [0.717, 1.165) is 7.11 Å². The Morgan fingerprint density at radius 2 is 1.81 bits per heavy atom. The third kappa shape index (κ3) is 5.85. The summed E-state index contributed by atoms with van der Waals surface area (Å²) in [6.45, 7) is 0. The summed E-state index contributed by atoms with van der Waals surface area (Å²) in [7, 11) is 1.14. The van der Waals surface area contributed by atoms with Crippen LogP contribution in [0.1, 0.15) is 6.42 Å². The Kier molecular flexibility index (Phi) is 7.80. The molecule has 16 heavy (non-hydrogen) atoms. The van der Waals surface area contributed by atoms with Gasteiger partial charge >= 0.3 is 11.9 Å². The SMILES string of the molecule is COC[PH](=O)OC(CC(=O)OC)C(=O)OC. The molecule has 0 bridgehead atoms. The highest BCUT2D eigenvalue weighted by molar-refractivity contribution is 7.38. The lowest BCUT2D eigenvalue weighted by atomic mass is 10.2. The predicted molar refractivity (Wildman–Crippen MR) is 54.4 cm³/mol. The first-order valence-corrected chi connectivity index (χ1v) is 5.90. The van der Waals surface area contributed by atoms with Crippen LogP contribution in [0.5, 0.6) is 0 Å². The average Bonchev–Trinajstić information content (AvgIpc) is 2.27. The highest BCUT2D eigenvalue weighted by Gasteiger charge is 2.26. The monoisotopic (exact) mass is 254 g/mol. The van der Waals surface area contributed by atoms with Crippen molar-refractivity contribution < 1.29 is 32.9 Å². The van der Waals surface area contributed by atoms with Crippen molar-refractivity contribution in [3.63, 3.8) is 0 Å². The molecule has 2 unspecified atom stereocenters. The average molecular weight is 254 g/mol. The summed E-state index contributed by atoms with van der Waals surface area (Å²) in [5, 5.41) is 0. The molecule has 2 atom stereocenters. The number of hydrogen-bond acceptors (Lipinski definition) is 7. The minimum atomic E-state index is -2.53. The summed E-state index contributed by atoms with van der Waals surface area (Å²) in [4.78, 5) is 22.1. The van der Waals surface area contributed by atoms with E-state index in [0.29, 0.717) is 0 Å². The van der Waals surface area contributed by atoms with E-state index in [1.54, 1.807) is 0 Å². The zero-order chi connectivity index (χ0) is 12.6. The van der Waals surface area contributed by atoms with Gasteiger partial charge in [-0.1, -0.05) is 0 Å². The topological polar surface area (TPSA) is 88.1 Å². The fourth-order valence-electron chi connectivity index (χ4n) is 0.850. The molecule has 94 valence electrons. The van der Waals surface area contributed by atoms with Crippen molar-refractivity contribution in [1.82, 2.24) is 0 Å². The van der Waals surface area contributed by atoms with Crippen molar-refractivity contribution in [3.05, 3.63) is 0 Å². The second-order valence-corrected chi connectivity index (χ2v) is 3.98. The van der Waals surface area contributed by atoms with Crippen molar-refractivity contribution in [2.24, 2.45) is 0 Å². The van der Waals surface area contributed by atoms with Gasteiger partial charge in [0.15, 0.2) is 6.10 Å². The smallest absolute Gasteiger partial charge is 0.336 e. The summed E-state index contributed by atoms with van der Waals surface area (Å²) < 4.78 is 29.4. The first-order chi connectivity index (χ1) is 7.54. The van der Waals surface area contributed by atoms with Gasteiger partial charge in [-0.3, -0.25) is 9.36 Å². The van der Waals surface area contributed by atoms with Crippen LogP contribution in [0.3, 0.4) is 0 Å². The minimum absolute atomic E-state index is 0.126. The number of hydrogen-bond donors (Lipinski definition) is 0. The van der Waals surface area contributed by atoms with E-state index in [1.807, 2.05) is 0 Å². The lowest BCUT2D eigenvalue weighted by molar-refractivity contribution is -0.155. The Morgan fingerprint density at radius 1 is 1.19 bits per heavy atom. The molecule has 0 radical (unpaired) electrons. The van der Waals surface area contributed by atoms with E-state index < -0.39 is 26.1 Å². The fraction of sp³-hybridized carbons (Fsp3) is 0.750. The number of esters is 2. The molecule has 0 N–H and O–H groups in total. The zero-order valence-electron chi connectivity index (χ0n) is 9.35. The van der Waals surface area contributed by atoms with Gasteiger partial charge in [0, 0.05) is 7.11 Å². The van der Waals surface area contributed by atoms with E-state index >= 15 is 0 Å². The number of methoxy groups -OCH3 is 3. The molecular weight excluding hydrogens is 239 g/mol. The molecule has 0 aliphatic carbocycles. The van der Waals surface area contributed by atoms with Gasteiger partial charge in [-0.05, 0) is 0 Å². The second kappa shape index (κ2) is 8.27.